The fraction of sp³-hybridized carbons (Fsp3) is 0.250. The van der Waals surface area contributed by atoms with Gasteiger partial charge in [0.2, 0.25) is 0 Å². The molecule has 0 spiro atoms. The summed E-state index contributed by atoms with van der Waals surface area (Å²) in [6, 6.07) is 8.18. The highest BCUT2D eigenvalue weighted by atomic mass is 79.9. The molecule has 1 aromatic carbocycles. The topological polar surface area (TPSA) is 40.7 Å². The minimum Gasteiger partial charge on any atom is -0.342 e. The molecular formula is C12H12BrN3. The van der Waals surface area contributed by atoms with E-state index in [0.29, 0.717) is 5.92 Å². The van der Waals surface area contributed by atoms with Crippen LogP contribution in [0.2, 0.25) is 0 Å². The van der Waals surface area contributed by atoms with Crippen LogP contribution in [0.25, 0.3) is 11.4 Å². The number of benzene rings is 1. The van der Waals surface area contributed by atoms with E-state index in [2.05, 4.69) is 43.3 Å². The van der Waals surface area contributed by atoms with Gasteiger partial charge in [-0.3, -0.25) is 0 Å². The highest BCUT2D eigenvalue weighted by molar-refractivity contribution is 9.10. The minimum atomic E-state index is 0.608. The summed E-state index contributed by atoms with van der Waals surface area (Å²) in [7, 11) is 0. The number of imidazole rings is 1. The Labute approximate surface area is 102 Å². The minimum absolute atomic E-state index is 0.608. The first-order chi connectivity index (χ1) is 7.83. The Hall–Kier alpha value is -1.13. The van der Waals surface area contributed by atoms with Crippen LogP contribution in [0.15, 0.2) is 34.9 Å². The molecule has 2 heterocycles. The zero-order valence-corrected chi connectivity index (χ0v) is 10.3. The van der Waals surface area contributed by atoms with Gasteiger partial charge in [0.05, 0.1) is 0 Å². The van der Waals surface area contributed by atoms with E-state index in [9.17, 15) is 0 Å². The van der Waals surface area contributed by atoms with Crippen molar-refractivity contribution in [3.8, 4) is 11.4 Å². The molecule has 1 aliphatic rings. The van der Waals surface area contributed by atoms with E-state index in [1.807, 2.05) is 18.3 Å². The Bertz CT molecular complexity index is 485. The standard InChI is InChI=1S/C12H12BrN3/c13-10-3-1-8(2-4-10)12-15-7-11(16-12)9-5-14-6-9/h1-4,7,9,14H,5-6H2,(H,15,16). The molecule has 1 saturated heterocycles. The monoisotopic (exact) mass is 277 g/mol. The summed E-state index contributed by atoms with van der Waals surface area (Å²) < 4.78 is 1.09. The van der Waals surface area contributed by atoms with Crippen molar-refractivity contribution >= 4 is 15.9 Å². The van der Waals surface area contributed by atoms with Crippen LogP contribution in [-0.2, 0) is 0 Å². The molecule has 1 aliphatic heterocycles. The Balaban J connectivity index is 1.88. The second kappa shape index (κ2) is 4.03. The van der Waals surface area contributed by atoms with E-state index >= 15 is 0 Å². The zero-order chi connectivity index (χ0) is 11.0. The van der Waals surface area contributed by atoms with Crippen LogP contribution in [0.1, 0.15) is 11.6 Å². The third-order valence-electron chi connectivity index (χ3n) is 2.93. The van der Waals surface area contributed by atoms with Crippen molar-refractivity contribution in [2.45, 2.75) is 5.92 Å². The van der Waals surface area contributed by atoms with Crippen molar-refractivity contribution in [1.29, 1.82) is 0 Å². The predicted molar refractivity (Wildman–Crippen MR) is 67.3 cm³/mol. The number of aromatic amines is 1. The number of nitrogens with one attached hydrogen (secondary N) is 2. The second-order valence-electron chi connectivity index (χ2n) is 4.05. The quantitative estimate of drug-likeness (QED) is 0.886. The van der Waals surface area contributed by atoms with Gasteiger partial charge in [-0.15, -0.1) is 0 Å². The Morgan fingerprint density at radius 2 is 1.94 bits per heavy atom. The number of rotatable bonds is 2. The largest absolute Gasteiger partial charge is 0.342 e. The van der Waals surface area contributed by atoms with Crippen LogP contribution in [0.5, 0.6) is 0 Å². The molecule has 0 bridgehead atoms. The summed E-state index contributed by atoms with van der Waals surface area (Å²) in [6.07, 6.45) is 1.95. The van der Waals surface area contributed by atoms with Crippen molar-refractivity contribution in [3.05, 3.63) is 40.6 Å². The van der Waals surface area contributed by atoms with Gasteiger partial charge in [0, 0.05) is 40.9 Å². The molecule has 1 aromatic heterocycles. The summed E-state index contributed by atoms with van der Waals surface area (Å²) >= 11 is 3.43. The lowest BCUT2D eigenvalue weighted by molar-refractivity contribution is 0.441. The number of hydrogen-bond donors (Lipinski definition) is 2. The lowest BCUT2D eigenvalue weighted by atomic mass is 10.0. The molecule has 0 amide bonds. The molecule has 0 saturated carbocycles. The first-order valence-corrected chi connectivity index (χ1v) is 6.14. The molecule has 3 rings (SSSR count). The van der Waals surface area contributed by atoms with Gasteiger partial charge in [-0.2, -0.15) is 0 Å². The van der Waals surface area contributed by atoms with Crippen LogP contribution >= 0.6 is 15.9 Å². The number of H-pyrrole nitrogens is 1. The normalized spacial score (nSPS) is 16.1. The first-order valence-electron chi connectivity index (χ1n) is 5.34. The average Bonchev–Trinajstić information content (AvgIpc) is 2.65. The zero-order valence-electron chi connectivity index (χ0n) is 8.70. The van der Waals surface area contributed by atoms with Gasteiger partial charge in [0.15, 0.2) is 0 Å². The summed E-state index contributed by atoms with van der Waals surface area (Å²) in [4.78, 5) is 7.80. The summed E-state index contributed by atoms with van der Waals surface area (Å²) in [5, 5.41) is 3.26. The summed E-state index contributed by atoms with van der Waals surface area (Å²) in [5.41, 5.74) is 2.36. The van der Waals surface area contributed by atoms with Crippen LogP contribution in [0.4, 0.5) is 0 Å². The SMILES string of the molecule is Brc1ccc(-c2ncc(C3CNC3)[nH]2)cc1. The van der Waals surface area contributed by atoms with Crippen LogP contribution in [-0.4, -0.2) is 23.1 Å². The van der Waals surface area contributed by atoms with Crippen LogP contribution in [0, 0.1) is 0 Å². The summed E-state index contributed by atoms with van der Waals surface area (Å²) in [6.45, 7) is 2.12. The molecule has 0 unspecified atom stereocenters. The van der Waals surface area contributed by atoms with E-state index in [-0.39, 0.29) is 0 Å². The third-order valence-corrected chi connectivity index (χ3v) is 3.46. The number of hydrogen-bond acceptors (Lipinski definition) is 2. The maximum Gasteiger partial charge on any atom is 0.137 e. The fourth-order valence-electron chi connectivity index (χ4n) is 1.81. The van der Waals surface area contributed by atoms with Crippen molar-refractivity contribution < 1.29 is 0 Å². The molecule has 2 aromatic rings. The van der Waals surface area contributed by atoms with Crippen molar-refractivity contribution in [2.24, 2.45) is 0 Å². The first kappa shape index (κ1) is 10.1. The lowest BCUT2D eigenvalue weighted by Gasteiger charge is -2.25. The van der Waals surface area contributed by atoms with E-state index in [1.165, 1.54) is 5.69 Å². The molecule has 0 aliphatic carbocycles. The van der Waals surface area contributed by atoms with Crippen LogP contribution < -0.4 is 5.32 Å². The van der Waals surface area contributed by atoms with E-state index in [1.54, 1.807) is 0 Å². The average molecular weight is 278 g/mol. The molecule has 0 atom stereocenters. The van der Waals surface area contributed by atoms with Crippen LogP contribution in [0.3, 0.4) is 0 Å². The van der Waals surface area contributed by atoms with Gasteiger partial charge in [0.1, 0.15) is 5.82 Å². The lowest BCUT2D eigenvalue weighted by Crippen LogP contribution is -2.40. The van der Waals surface area contributed by atoms with Crippen molar-refractivity contribution in [3.63, 3.8) is 0 Å². The van der Waals surface area contributed by atoms with Gasteiger partial charge in [0.25, 0.3) is 0 Å². The molecule has 3 nitrogen and oxygen atoms in total. The predicted octanol–water partition coefficient (Wildman–Crippen LogP) is 2.53. The third kappa shape index (κ3) is 1.79. The maximum atomic E-state index is 4.42. The van der Waals surface area contributed by atoms with Crippen molar-refractivity contribution in [2.75, 3.05) is 13.1 Å². The highest BCUT2D eigenvalue weighted by Gasteiger charge is 2.20. The molecule has 82 valence electrons. The second-order valence-corrected chi connectivity index (χ2v) is 4.96. The number of aromatic nitrogens is 2. The molecule has 1 fully saturated rings. The van der Waals surface area contributed by atoms with Gasteiger partial charge in [-0.05, 0) is 12.1 Å². The molecule has 0 radical (unpaired) electrons. The number of nitrogens with zero attached hydrogens (tertiary/aromatic N) is 1. The number of halogens is 1. The van der Waals surface area contributed by atoms with Crippen molar-refractivity contribution in [1.82, 2.24) is 15.3 Å². The van der Waals surface area contributed by atoms with Gasteiger partial charge < -0.3 is 10.3 Å². The van der Waals surface area contributed by atoms with Gasteiger partial charge in [-0.1, -0.05) is 28.1 Å². The van der Waals surface area contributed by atoms with E-state index in [0.717, 1.165) is 29.0 Å². The molecular weight excluding hydrogens is 266 g/mol. The highest BCUT2D eigenvalue weighted by Crippen LogP contribution is 2.23. The fourth-order valence-corrected chi connectivity index (χ4v) is 2.07. The Morgan fingerprint density at radius 1 is 1.19 bits per heavy atom. The molecule has 4 heteroatoms. The van der Waals surface area contributed by atoms with Gasteiger partial charge in [-0.25, -0.2) is 4.98 Å². The smallest absolute Gasteiger partial charge is 0.137 e. The summed E-state index contributed by atoms with van der Waals surface area (Å²) in [5.74, 6) is 1.56. The van der Waals surface area contributed by atoms with Gasteiger partial charge >= 0.3 is 0 Å². The maximum absolute atomic E-state index is 4.42. The van der Waals surface area contributed by atoms with E-state index < -0.39 is 0 Å². The Morgan fingerprint density at radius 3 is 2.56 bits per heavy atom. The Kier molecular flexibility index (Phi) is 2.53. The van der Waals surface area contributed by atoms with E-state index in [4.69, 9.17) is 0 Å². The molecule has 2 N–H and O–H groups in total. The molecule has 16 heavy (non-hydrogen) atoms.